The number of hydrogen-bond acceptors (Lipinski definition) is 5. The Kier molecular flexibility index (Phi) is 4.06. The Morgan fingerprint density at radius 3 is 2.90 bits per heavy atom. The number of para-hydroxylation sites is 1. The summed E-state index contributed by atoms with van der Waals surface area (Å²) < 4.78 is 9.00. The van der Waals surface area contributed by atoms with Gasteiger partial charge >= 0.3 is 0 Å². The summed E-state index contributed by atoms with van der Waals surface area (Å²) in [7, 11) is 3.42. The van der Waals surface area contributed by atoms with Crippen LogP contribution >= 0.6 is 11.3 Å². The Hall–Kier alpha value is -3.65. The Morgan fingerprint density at radius 1 is 1.21 bits per heavy atom. The highest BCUT2D eigenvalue weighted by Gasteiger charge is 2.15. The number of methoxy groups -OCH3 is 1. The first kappa shape index (κ1) is 17.4. The van der Waals surface area contributed by atoms with Crippen LogP contribution in [0.4, 0.5) is 5.69 Å². The van der Waals surface area contributed by atoms with Crippen LogP contribution < -0.4 is 10.1 Å². The van der Waals surface area contributed by atoms with E-state index in [9.17, 15) is 4.79 Å². The first-order valence-electron chi connectivity index (χ1n) is 8.98. The molecule has 2 aromatic carbocycles. The number of aromatic nitrogens is 4. The number of hydrogen-bond donors (Lipinski definition) is 1. The fourth-order valence-electron chi connectivity index (χ4n) is 3.43. The lowest BCUT2D eigenvalue weighted by atomic mass is 10.1. The molecule has 1 amide bonds. The summed E-state index contributed by atoms with van der Waals surface area (Å²) in [5.41, 5.74) is 3.63. The van der Waals surface area contributed by atoms with E-state index in [4.69, 9.17) is 4.74 Å². The second-order valence-corrected chi connectivity index (χ2v) is 7.46. The largest absolute Gasteiger partial charge is 0.481 e. The molecule has 0 aliphatic rings. The monoisotopic (exact) mass is 403 g/mol. The van der Waals surface area contributed by atoms with Crippen LogP contribution in [0.2, 0.25) is 0 Å². The molecule has 29 heavy (non-hydrogen) atoms. The zero-order valence-electron chi connectivity index (χ0n) is 15.8. The maximum Gasteiger partial charge on any atom is 0.255 e. The lowest BCUT2D eigenvalue weighted by Gasteiger charge is -2.09. The highest BCUT2D eigenvalue weighted by Crippen LogP contribution is 2.30. The van der Waals surface area contributed by atoms with Gasteiger partial charge in [-0.3, -0.25) is 9.20 Å². The van der Waals surface area contributed by atoms with Crippen LogP contribution in [0.5, 0.6) is 5.88 Å². The Labute approximate surface area is 170 Å². The molecule has 0 aliphatic carbocycles. The molecule has 5 rings (SSSR count). The van der Waals surface area contributed by atoms with Crippen molar-refractivity contribution < 1.29 is 9.53 Å². The molecule has 5 aromatic rings. The van der Waals surface area contributed by atoms with Gasteiger partial charge < -0.3 is 10.1 Å². The number of aryl methyl sites for hydroxylation is 1. The van der Waals surface area contributed by atoms with E-state index in [1.807, 2.05) is 59.6 Å². The molecule has 7 nitrogen and oxygen atoms in total. The summed E-state index contributed by atoms with van der Waals surface area (Å²) >= 11 is 1.57. The van der Waals surface area contributed by atoms with E-state index in [0.717, 1.165) is 21.6 Å². The van der Waals surface area contributed by atoms with Gasteiger partial charge in [-0.1, -0.05) is 18.2 Å². The Bertz CT molecular complexity index is 1340. The summed E-state index contributed by atoms with van der Waals surface area (Å²) in [5.74, 6) is 0.460. The average Bonchev–Trinajstić information content (AvgIpc) is 3.40. The van der Waals surface area contributed by atoms with Crippen molar-refractivity contribution in [1.82, 2.24) is 19.2 Å². The summed E-state index contributed by atoms with van der Waals surface area (Å²) in [6.45, 7) is 0. The number of nitrogens with one attached hydrogen (secondary N) is 1. The van der Waals surface area contributed by atoms with Gasteiger partial charge in [0, 0.05) is 35.9 Å². The van der Waals surface area contributed by atoms with Crippen molar-refractivity contribution >= 4 is 38.8 Å². The molecule has 1 N–H and O–H groups in total. The van der Waals surface area contributed by atoms with E-state index in [1.165, 1.54) is 0 Å². The fourth-order valence-corrected chi connectivity index (χ4v) is 4.13. The second kappa shape index (κ2) is 6.75. The van der Waals surface area contributed by atoms with Gasteiger partial charge in [0.25, 0.3) is 5.91 Å². The average molecular weight is 403 g/mol. The van der Waals surface area contributed by atoms with Crippen LogP contribution in [-0.4, -0.2) is 32.2 Å². The SMILES string of the molecule is COc1c2ccc(C(=O)Nc3ccccc3-c3cn4ccsc4n3)cc2nn1C. The molecule has 0 bridgehead atoms. The van der Waals surface area contributed by atoms with Crippen LogP contribution in [0.1, 0.15) is 10.4 Å². The van der Waals surface area contributed by atoms with Gasteiger partial charge in [-0.25, -0.2) is 9.67 Å². The Morgan fingerprint density at radius 2 is 2.07 bits per heavy atom. The first-order chi connectivity index (χ1) is 14.1. The van der Waals surface area contributed by atoms with Crippen molar-refractivity contribution in [2.24, 2.45) is 7.05 Å². The van der Waals surface area contributed by atoms with Crippen LogP contribution in [0.25, 0.3) is 27.1 Å². The molecule has 0 fully saturated rings. The van der Waals surface area contributed by atoms with E-state index < -0.39 is 0 Å². The van der Waals surface area contributed by atoms with Gasteiger partial charge in [0.2, 0.25) is 5.88 Å². The van der Waals surface area contributed by atoms with Crippen molar-refractivity contribution in [3.05, 3.63) is 65.8 Å². The molecule has 0 spiro atoms. The number of carbonyl (C=O) groups excluding carboxylic acids is 1. The topological polar surface area (TPSA) is 73.4 Å². The zero-order chi connectivity index (χ0) is 20.0. The molecular formula is C21H17N5O2S. The third-order valence-corrected chi connectivity index (χ3v) is 5.55. The van der Waals surface area contributed by atoms with Gasteiger partial charge in [-0.2, -0.15) is 5.10 Å². The zero-order valence-corrected chi connectivity index (χ0v) is 16.6. The summed E-state index contributed by atoms with van der Waals surface area (Å²) in [4.78, 5) is 18.5. The number of thiazole rings is 1. The number of rotatable bonds is 4. The number of nitrogens with zero attached hydrogens (tertiary/aromatic N) is 4. The van der Waals surface area contributed by atoms with Gasteiger partial charge in [-0.05, 0) is 24.3 Å². The highest BCUT2D eigenvalue weighted by molar-refractivity contribution is 7.15. The smallest absolute Gasteiger partial charge is 0.255 e. The summed E-state index contributed by atoms with van der Waals surface area (Å²) in [5, 5.41) is 10.3. The number of anilines is 1. The van der Waals surface area contributed by atoms with Crippen LogP contribution in [0, 0.1) is 0 Å². The van der Waals surface area contributed by atoms with E-state index >= 15 is 0 Å². The molecule has 0 unspecified atom stereocenters. The number of fused-ring (bicyclic) bond motifs is 2. The minimum Gasteiger partial charge on any atom is -0.481 e. The fraction of sp³-hybridized carbons (Fsp3) is 0.0952. The molecule has 0 saturated heterocycles. The van der Waals surface area contributed by atoms with Crippen molar-refractivity contribution in [3.8, 4) is 17.1 Å². The van der Waals surface area contributed by atoms with Gasteiger partial charge in [0.1, 0.15) is 0 Å². The summed E-state index contributed by atoms with van der Waals surface area (Å²) in [6, 6.07) is 13.1. The van der Waals surface area contributed by atoms with Crippen molar-refractivity contribution in [1.29, 1.82) is 0 Å². The first-order valence-corrected chi connectivity index (χ1v) is 9.86. The maximum atomic E-state index is 12.9. The molecule has 0 radical (unpaired) electrons. The lowest BCUT2D eigenvalue weighted by molar-refractivity contribution is 0.102. The quantitative estimate of drug-likeness (QED) is 0.488. The van der Waals surface area contributed by atoms with Crippen molar-refractivity contribution in [2.45, 2.75) is 0 Å². The van der Waals surface area contributed by atoms with Gasteiger partial charge in [-0.15, -0.1) is 11.3 Å². The normalized spacial score (nSPS) is 11.2. The second-order valence-electron chi connectivity index (χ2n) is 6.58. The highest BCUT2D eigenvalue weighted by atomic mass is 32.1. The number of benzene rings is 2. The number of ether oxygens (including phenoxy) is 1. The number of carbonyl (C=O) groups is 1. The third-order valence-electron chi connectivity index (χ3n) is 4.78. The summed E-state index contributed by atoms with van der Waals surface area (Å²) in [6.07, 6.45) is 3.93. The van der Waals surface area contributed by atoms with E-state index in [2.05, 4.69) is 15.4 Å². The third kappa shape index (κ3) is 2.94. The minimum absolute atomic E-state index is 0.204. The standard InChI is InChI=1S/C21H17N5O2S/c1-25-20(28-2)15-8-7-13(11-17(15)24-25)19(27)22-16-6-4-3-5-14(16)18-12-26-9-10-29-21(26)23-18/h3-12H,1-2H3,(H,22,27). The number of imidazole rings is 1. The lowest BCUT2D eigenvalue weighted by Crippen LogP contribution is -2.12. The molecule has 0 saturated carbocycles. The van der Waals surface area contributed by atoms with Gasteiger partial charge in [0.15, 0.2) is 4.96 Å². The number of amides is 1. The molecule has 144 valence electrons. The molecule has 0 atom stereocenters. The van der Waals surface area contributed by atoms with Crippen molar-refractivity contribution in [2.75, 3.05) is 12.4 Å². The van der Waals surface area contributed by atoms with Crippen LogP contribution in [0.15, 0.2) is 60.2 Å². The predicted octanol–water partition coefficient (Wildman–Crippen LogP) is 4.21. The molecule has 3 aromatic heterocycles. The minimum atomic E-state index is -0.204. The molecule has 8 heteroatoms. The molecule has 0 aliphatic heterocycles. The maximum absolute atomic E-state index is 12.9. The Balaban J connectivity index is 1.48. The molecular weight excluding hydrogens is 386 g/mol. The van der Waals surface area contributed by atoms with Crippen molar-refractivity contribution in [3.63, 3.8) is 0 Å². The van der Waals surface area contributed by atoms with E-state index in [0.29, 0.717) is 22.6 Å². The van der Waals surface area contributed by atoms with Crippen LogP contribution in [0.3, 0.4) is 0 Å². The van der Waals surface area contributed by atoms with E-state index in [-0.39, 0.29) is 5.91 Å². The van der Waals surface area contributed by atoms with E-state index in [1.54, 1.807) is 35.3 Å². The van der Waals surface area contributed by atoms with Crippen LogP contribution in [-0.2, 0) is 7.05 Å². The van der Waals surface area contributed by atoms with Gasteiger partial charge in [0.05, 0.1) is 29.4 Å². The molecule has 3 heterocycles. The predicted molar refractivity (Wildman–Crippen MR) is 114 cm³/mol.